The highest BCUT2D eigenvalue weighted by atomic mass is 32.2. The summed E-state index contributed by atoms with van der Waals surface area (Å²) in [5, 5.41) is 6.31. The van der Waals surface area contributed by atoms with E-state index in [1.165, 1.54) is 18.4 Å². The molecule has 0 saturated heterocycles. The van der Waals surface area contributed by atoms with Crippen LogP contribution in [0.2, 0.25) is 0 Å². The van der Waals surface area contributed by atoms with Crippen LogP contribution in [0.4, 0.5) is 0 Å². The van der Waals surface area contributed by atoms with Crippen LogP contribution in [-0.2, 0) is 6.42 Å². The Morgan fingerprint density at radius 2 is 2.40 bits per heavy atom. The molecule has 0 radical (unpaired) electrons. The van der Waals surface area contributed by atoms with Gasteiger partial charge in [-0.2, -0.15) is 4.09 Å². The van der Waals surface area contributed by atoms with E-state index in [0.29, 0.717) is 0 Å². The Bertz CT molecular complexity index is 396. The number of aryl methyl sites for hydroxylation is 1. The molecular formula is C9H12N4S2. The summed E-state index contributed by atoms with van der Waals surface area (Å²) in [7, 11) is 0. The highest BCUT2D eigenvalue weighted by Gasteiger charge is 2.03. The molecule has 0 unspecified atom stereocenters. The highest BCUT2D eigenvalue weighted by Crippen LogP contribution is 2.20. The minimum Gasteiger partial charge on any atom is -0.237 e. The number of thiazole rings is 1. The lowest BCUT2D eigenvalue weighted by atomic mass is 10.2. The van der Waals surface area contributed by atoms with Crippen molar-refractivity contribution < 1.29 is 0 Å². The van der Waals surface area contributed by atoms with Crippen molar-refractivity contribution in [3.8, 4) is 0 Å². The summed E-state index contributed by atoms with van der Waals surface area (Å²) in [4.78, 5) is 8.42. The zero-order valence-corrected chi connectivity index (χ0v) is 10.1. The number of rotatable bonds is 5. The van der Waals surface area contributed by atoms with E-state index in [-0.39, 0.29) is 0 Å². The summed E-state index contributed by atoms with van der Waals surface area (Å²) in [6, 6.07) is 0. The van der Waals surface area contributed by atoms with E-state index in [2.05, 4.69) is 22.0 Å². The van der Waals surface area contributed by atoms with Crippen LogP contribution in [-0.4, -0.2) is 19.2 Å². The second kappa shape index (κ2) is 5.27. The van der Waals surface area contributed by atoms with Crippen molar-refractivity contribution in [3.63, 3.8) is 0 Å². The van der Waals surface area contributed by atoms with E-state index in [0.717, 1.165) is 23.0 Å². The Hall–Kier alpha value is -0.880. The molecular weight excluding hydrogens is 228 g/mol. The third-order valence-corrected chi connectivity index (χ3v) is 3.56. The van der Waals surface area contributed by atoms with Gasteiger partial charge in [-0.1, -0.05) is 13.3 Å². The normalized spacial score (nSPS) is 10.7. The molecule has 0 fully saturated rings. The van der Waals surface area contributed by atoms with E-state index in [1.54, 1.807) is 27.9 Å². The second-order valence-corrected chi connectivity index (χ2v) is 5.15. The van der Waals surface area contributed by atoms with Gasteiger partial charge >= 0.3 is 0 Å². The summed E-state index contributed by atoms with van der Waals surface area (Å²) in [5.41, 5.74) is 0. The molecule has 4 nitrogen and oxygen atoms in total. The van der Waals surface area contributed by atoms with Crippen LogP contribution in [0, 0.1) is 0 Å². The summed E-state index contributed by atoms with van der Waals surface area (Å²) < 4.78 is 2.76. The van der Waals surface area contributed by atoms with Crippen molar-refractivity contribution in [1.82, 2.24) is 19.2 Å². The third-order valence-electron chi connectivity index (χ3n) is 1.85. The molecule has 0 atom stereocenters. The van der Waals surface area contributed by atoms with Crippen LogP contribution in [0.3, 0.4) is 0 Å². The minimum atomic E-state index is 0.918. The molecule has 2 aromatic heterocycles. The van der Waals surface area contributed by atoms with Gasteiger partial charge in [-0.25, -0.2) is 9.97 Å². The fraction of sp³-hybridized carbons (Fsp3) is 0.444. The number of unbranched alkanes of at least 4 members (excludes halogenated alkanes) is 1. The van der Waals surface area contributed by atoms with E-state index >= 15 is 0 Å². The predicted octanol–water partition coefficient (Wildman–Crippen LogP) is 2.63. The summed E-state index contributed by atoms with van der Waals surface area (Å²) >= 11 is 3.11. The van der Waals surface area contributed by atoms with Crippen LogP contribution in [0.25, 0.3) is 0 Å². The molecule has 2 aromatic rings. The molecule has 2 heterocycles. The lowest BCUT2D eigenvalue weighted by Crippen LogP contribution is -1.91. The SMILES string of the molecule is CCCCc1ncn(Sc2nccs2)n1. The Labute approximate surface area is 96.9 Å². The van der Waals surface area contributed by atoms with Crippen LogP contribution in [0.15, 0.2) is 22.2 Å². The van der Waals surface area contributed by atoms with Crippen molar-refractivity contribution in [3.05, 3.63) is 23.7 Å². The van der Waals surface area contributed by atoms with Crippen LogP contribution in [0.1, 0.15) is 25.6 Å². The molecule has 0 spiro atoms. The second-order valence-electron chi connectivity index (χ2n) is 3.06. The quantitative estimate of drug-likeness (QED) is 0.806. The van der Waals surface area contributed by atoms with Crippen molar-refractivity contribution in [2.75, 3.05) is 0 Å². The minimum absolute atomic E-state index is 0.918. The summed E-state index contributed by atoms with van der Waals surface area (Å²) in [6.45, 7) is 2.17. The Morgan fingerprint density at radius 3 is 3.13 bits per heavy atom. The molecule has 0 aliphatic heterocycles. The van der Waals surface area contributed by atoms with Gasteiger partial charge in [-0.05, 0) is 6.42 Å². The van der Waals surface area contributed by atoms with Crippen LogP contribution >= 0.6 is 23.3 Å². The van der Waals surface area contributed by atoms with E-state index in [1.807, 2.05) is 5.38 Å². The highest BCUT2D eigenvalue weighted by molar-refractivity contribution is 7.99. The van der Waals surface area contributed by atoms with Gasteiger partial charge in [0.1, 0.15) is 6.33 Å². The van der Waals surface area contributed by atoms with Crippen molar-refractivity contribution in [2.45, 2.75) is 30.5 Å². The number of hydrogen-bond acceptors (Lipinski definition) is 5. The fourth-order valence-corrected chi connectivity index (χ4v) is 2.54. The van der Waals surface area contributed by atoms with Gasteiger partial charge in [0.15, 0.2) is 10.2 Å². The van der Waals surface area contributed by atoms with E-state index < -0.39 is 0 Å². The summed E-state index contributed by atoms with van der Waals surface area (Å²) in [5.74, 6) is 0.918. The molecule has 6 heteroatoms. The topological polar surface area (TPSA) is 43.6 Å². The Kier molecular flexibility index (Phi) is 3.74. The maximum atomic E-state index is 4.36. The molecule has 15 heavy (non-hydrogen) atoms. The van der Waals surface area contributed by atoms with E-state index in [9.17, 15) is 0 Å². The smallest absolute Gasteiger partial charge is 0.172 e. The first-order chi connectivity index (χ1) is 7.38. The first-order valence-electron chi connectivity index (χ1n) is 4.87. The van der Waals surface area contributed by atoms with Gasteiger partial charge in [0.25, 0.3) is 0 Å². The molecule has 0 saturated carbocycles. The zero-order valence-electron chi connectivity index (χ0n) is 8.46. The zero-order chi connectivity index (χ0) is 10.5. The van der Waals surface area contributed by atoms with Gasteiger partial charge in [-0.15, -0.1) is 16.4 Å². The van der Waals surface area contributed by atoms with Gasteiger partial charge in [-0.3, -0.25) is 0 Å². The molecule has 0 amide bonds. The third kappa shape index (κ3) is 3.04. The van der Waals surface area contributed by atoms with Crippen LogP contribution < -0.4 is 0 Å². The average molecular weight is 240 g/mol. The predicted molar refractivity (Wildman–Crippen MR) is 62.0 cm³/mol. The molecule has 80 valence electrons. The maximum absolute atomic E-state index is 4.36. The van der Waals surface area contributed by atoms with E-state index in [4.69, 9.17) is 0 Å². The van der Waals surface area contributed by atoms with Crippen molar-refractivity contribution in [2.24, 2.45) is 0 Å². The Morgan fingerprint density at radius 1 is 1.47 bits per heavy atom. The number of nitrogens with zero attached hydrogens (tertiary/aromatic N) is 4. The van der Waals surface area contributed by atoms with Crippen molar-refractivity contribution in [1.29, 1.82) is 0 Å². The Balaban J connectivity index is 1.95. The molecule has 0 aromatic carbocycles. The molecule has 0 aliphatic rings. The fourth-order valence-electron chi connectivity index (χ4n) is 1.11. The monoisotopic (exact) mass is 240 g/mol. The summed E-state index contributed by atoms with van der Waals surface area (Å²) in [6.07, 6.45) is 6.82. The first kappa shape index (κ1) is 10.6. The van der Waals surface area contributed by atoms with Gasteiger partial charge in [0.2, 0.25) is 0 Å². The maximum Gasteiger partial charge on any atom is 0.172 e. The number of hydrogen-bond donors (Lipinski definition) is 0. The molecule has 0 bridgehead atoms. The van der Waals surface area contributed by atoms with Gasteiger partial charge in [0, 0.05) is 29.9 Å². The average Bonchev–Trinajstić information content (AvgIpc) is 2.87. The number of aromatic nitrogens is 4. The first-order valence-corrected chi connectivity index (χ1v) is 6.52. The standard InChI is InChI=1S/C9H12N4S2/c1-2-3-4-8-11-7-13(12-8)15-9-10-5-6-14-9/h5-7H,2-4H2,1H3. The molecule has 0 aliphatic carbocycles. The van der Waals surface area contributed by atoms with Gasteiger partial charge < -0.3 is 0 Å². The van der Waals surface area contributed by atoms with Gasteiger partial charge in [0.05, 0.1) is 0 Å². The molecule has 0 N–H and O–H groups in total. The largest absolute Gasteiger partial charge is 0.237 e. The lowest BCUT2D eigenvalue weighted by molar-refractivity contribution is 0.752. The lowest BCUT2D eigenvalue weighted by Gasteiger charge is -1.93. The van der Waals surface area contributed by atoms with Crippen LogP contribution in [0.5, 0.6) is 0 Å². The molecule has 2 rings (SSSR count). The van der Waals surface area contributed by atoms with Crippen molar-refractivity contribution >= 4 is 23.3 Å².